The van der Waals surface area contributed by atoms with Crippen molar-refractivity contribution in [3.63, 3.8) is 0 Å². The minimum atomic E-state index is 0. The average molecular weight is 450 g/mol. The fourth-order valence-corrected chi connectivity index (χ4v) is 4.35. The molecule has 1 N–H and O–H groups in total. The zero-order valence-corrected chi connectivity index (χ0v) is 17.8. The fourth-order valence-electron chi connectivity index (χ4n) is 4.35. The van der Waals surface area contributed by atoms with Crippen molar-refractivity contribution in [3.05, 3.63) is 0 Å². The molecule has 1 saturated carbocycles. The predicted molar refractivity (Wildman–Crippen MR) is 110 cm³/mol. The van der Waals surface area contributed by atoms with E-state index in [1.165, 1.54) is 38.6 Å². The van der Waals surface area contributed by atoms with Crippen LogP contribution in [0, 0.1) is 11.3 Å². The van der Waals surface area contributed by atoms with Crippen LogP contribution in [0.3, 0.4) is 0 Å². The molecule has 1 aliphatic carbocycles. The van der Waals surface area contributed by atoms with Crippen LogP contribution < -0.4 is 5.32 Å². The number of rotatable bonds is 4. The third-order valence-electron chi connectivity index (χ3n) is 5.90. The van der Waals surface area contributed by atoms with E-state index in [0.29, 0.717) is 5.41 Å². The third kappa shape index (κ3) is 5.46. The molecular weight excluding hydrogens is 415 g/mol. The first-order valence-corrected chi connectivity index (χ1v) is 9.44. The van der Waals surface area contributed by atoms with Crippen molar-refractivity contribution in [2.75, 3.05) is 59.5 Å². The van der Waals surface area contributed by atoms with Crippen molar-refractivity contribution in [1.82, 2.24) is 15.1 Å². The van der Waals surface area contributed by atoms with Gasteiger partial charge >= 0.3 is 0 Å². The fraction of sp³-hybridized carbons (Fsp3) is 0.944. The summed E-state index contributed by atoms with van der Waals surface area (Å²) in [5.41, 5.74) is 0.475. The van der Waals surface area contributed by atoms with E-state index in [9.17, 15) is 0 Å². The Kier molecular flexibility index (Phi) is 8.07. The van der Waals surface area contributed by atoms with Gasteiger partial charge in [-0.2, -0.15) is 0 Å². The van der Waals surface area contributed by atoms with Gasteiger partial charge in [0.25, 0.3) is 0 Å². The summed E-state index contributed by atoms with van der Waals surface area (Å²) in [5, 5.41) is 3.66. The van der Waals surface area contributed by atoms with Gasteiger partial charge in [0.1, 0.15) is 0 Å². The molecule has 1 unspecified atom stereocenters. The van der Waals surface area contributed by atoms with Gasteiger partial charge in [0, 0.05) is 46.3 Å². The van der Waals surface area contributed by atoms with Crippen LogP contribution in [-0.4, -0.2) is 75.3 Å². The summed E-state index contributed by atoms with van der Waals surface area (Å²) >= 11 is 0. The van der Waals surface area contributed by atoms with Crippen LogP contribution in [0.25, 0.3) is 0 Å². The Morgan fingerprint density at radius 2 is 1.92 bits per heavy atom. The molecule has 0 radical (unpaired) electrons. The number of aliphatic imine (C=N–C) groups is 1. The number of nitrogens with one attached hydrogen (secondary N) is 1. The maximum absolute atomic E-state index is 5.45. The molecule has 2 heterocycles. The molecule has 0 aromatic heterocycles. The van der Waals surface area contributed by atoms with Crippen molar-refractivity contribution in [3.8, 4) is 0 Å². The van der Waals surface area contributed by atoms with E-state index in [0.717, 1.165) is 57.8 Å². The molecule has 6 heteroatoms. The van der Waals surface area contributed by atoms with Crippen LogP contribution in [0.2, 0.25) is 0 Å². The summed E-state index contributed by atoms with van der Waals surface area (Å²) in [6, 6.07) is 0. The highest BCUT2D eigenvalue weighted by molar-refractivity contribution is 14.0. The number of guanidine groups is 1. The van der Waals surface area contributed by atoms with Gasteiger partial charge in [-0.15, -0.1) is 24.0 Å². The molecular formula is C18H35IN4O. The first kappa shape index (κ1) is 20.2. The first-order chi connectivity index (χ1) is 11.2. The predicted octanol–water partition coefficient (Wildman–Crippen LogP) is 2.41. The molecule has 0 bridgehead atoms. The molecule has 1 atom stereocenters. The second-order valence-corrected chi connectivity index (χ2v) is 7.93. The summed E-state index contributed by atoms with van der Waals surface area (Å²) in [4.78, 5) is 9.57. The minimum absolute atomic E-state index is 0. The van der Waals surface area contributed by atoms with Gasteiger partial charge in [-0.05, 0) is 30.6 Å². The van der Waals surface area contributed by atoms with Crippen molar-refractivity contribution in [2.45, 2.75) is 39.0 Å². The van der Waals surface area contributed by atoms with Crippen LogP contribution in [0.15, 0.2) is 4.99 Å². The second-order valence-electron chi connectivity index (χ2n) is 7.93. The zero-order chi connectivity index (χ0) is 16.1. The van der Waals surface area contributed by atoms with Gasteiger partial charge in [0.05, 0.1) is 13.2 Å². The highest BCUT2D eigenvalue weighted by atomic mass is 127. The van der Waals surface area contributed by atoms with Gasteiger partial charge < -0.3 is 15.0 Å². The minimum Gasteiger partial charge on any atom is -0.379 e. The van der Waals surface area contributed by atoms with Crippen LogP contribution in [-0.2, 0) is 4.74 Å². The number of hydrogen-bond donors (Lipinski definition) is 1. The van der Waals surface area contributed by atoms with E-state index < -0.39 is 0 Å². The quantitative estimate of drug-likeness (QED) is 0.406. The lowest BCUT2D eigenvalue weighted by atomic mass is 9.89. The number of likely N-dealkylation sites (tertiary alicyclic amines) is 1. The van der Waals surface area contributed by atoms with E-state index in [-0.39, 0.29) is 24.0 Å². The summed E-state index contributed by atoms with van der Waals surface area (Å²) in [6.45, 7) is 11.0. The van der Waals surface area contributed by atoms with Gasteiger partial charge in [-0.1, -0.05) is 19.8 Å². The summed E-state index contributed by atoms with van der Waals surface area (Å²) in [7, 11) is 1.93. The normalized spacial score (nSPS) is 28.0. The average Bonchev–Trinajstić information content (AvgIpc) is 3.19. The number of ether oxygens (including phenoxy) is 1. The van der Waals surface area contributed by atoms with Crippen LogP contribution in [0.1, 0.15) is 39.0 Å². The maximum atomic E-state index is 5.45. The number of halogens is 1. The van der Waals surface area contributed by atoms with Crippen molar-refractivity contribution >= 4 is 29.9 Å². The number of nitrogens with zero attached hydrogens (tertiary/aromatic N) is 3. The Morgan fingerprint density at radius 1 is 1.21 bits per heavy atom. The molecule has 24 heavy (non-hydrogen) atoms. The number of hydrogen-bond acceptors (Lipinski definition) is 3. The summed E-state index contributed by atoms with van der Waals surface area (Å²) < 4.78 is 5.45. The molecule has 3 rings (SSSR count). The second kappa shape index (κ2) is 9.57. The van der Waals surface area contributed by atoms with E-state index in [1.54, 1.807) is 0 Å². The summed E-state index contributed by atoms with van der Waals surface area (Å²) in [5.74, 6) is 1.89. The molecule has 3 aliphatic rings. The Morgan fingerprint density at radius 3 is 2.58 bits per heavy atom. The monoisotopic (exact) mass is 450 g/mol. The van der Waals surface area contributed by atoms with E-state index >= 15 is 0 Å². The first-order valence-electron chi connectivity index (χ1n) is 9.44. The smallest absolute Gasteiger partial charge is 0.193 e. The van der Waals surface area contributed by atoms with Gasteiger partial charge in [-0.25, -0.2) is 0 Å². The highest BCUT2D eigenvalue weighted by Crippen LogP contribution is 2.36. The lowest BCUT2D eigenvalue weighted by Gasteiger charge is -2.30. The standard InChI is InChI=1S/C18H34N4O.HI/c1-18(6-3-4-7-18)15-20-17(19-2)22-8-5-16(14-22)13-21-9-11-23-12-10-21;/h16H,3-15H2,1-2H3,(H,19,20);1H. The molecule has 2 saturated heterocycles. The van der Waals surface area contributed by atoms with E-state index in [2.05, 4.69) is 27.0 Å². The Labute approximate surface area is 164 Å². The van der Waals surface area contributed by atoms with Crippen LogP contribution in [0.5, 0.6) is 0 Å². The lowest BCUT2D eigenvalue weighted by molar-refractivity contribution is 0.0315. The van der Waals surface area contributed by atoms with Gasteiger partial charge in [-0.3, -0.25) is 9.89 Å². The molecule has 0 aromatic rings. The molecule has 3 fully saturated rings. The Bertz CT molecular complexity index is 406. The molecule has 0 spiro atoms. The molecule has 2 aliphatic heterocycles. The maximum Gasteiger partial charge on any atom is 0.193 e. The number of morpholine rings is 1. The SMILES string of the molecule is CN=C(NCC1(C)CCCC1)N1CCC(CN2CCOCC2)C1.I. The Balaban J connectivity index is 0.00000208. The van der Waals surface area contributed by atoms with Crippen molar-refractivity contribution in [2.24, 2.45) is 16.3 Å². The molecule has 5 nitrogen and oxygen atoms in total. The lowest BCUT2D eigenvalue weighted by Crippen LogP contribution is -2.44. The third-order valence-corrected chi connectivity index (χ3v) is 5.90. The van der Waals surface area contributed by atoms with Crippen molar-refractivity contribution < 1.29 is 4.74 Å². The van der Waals surface area contributed by atoms with E-state index in [4.69, 9.17) is 4.74 Å². The van der Waals surface area contributed by atoms with Crippen molar-refractivity contribution in [1.29, 1.82) is 0 Å². The topological polar surface area (TPSA) is 40.1 Å². The molecule has 140 valence electrons. The Hall–Kier alpha value is -0.0800. The zero-order valence-electron chi connectivity index (χ0n) is 15.4. The molecule has 0 aromatic carbocycles. The van der Waals surface area contributed by atoms with Crippen LogP contribution in [0.4, 0.5) is 0 Å². The van der Waals surface area contributed by atoms with Gasteiger partial charge in [0.15, 0.2) is 5.96 Å². The summed E-state index contributed by atoms with van der Waals surface area (Å²) in [6.07, 6.45) is 6.78. The van der Waals surface area contributed by atoms with E-state index in [1.807, 2.05) is 7.05 Å². The molecule has 0 amide bonds. The highest BCUT2D eigenvalue weighted by Gasteiger charge is 2.31. The van der Waals surface area contributed by atoms with Gasteiger partial charge in [0.2, 0.25) is 0 Å². The largest absolute Gasteiger partial charge is 0.379 e. The van der Waals surface area contributed by atoms with Crippen LogP contribution >= 0.6 is 24.0 Å².